The highest BCUT2D eigenvalue weighted by Crippen LogP contribution is 2.35. The lowest BCUT2D eigenvalue weighted by Gasteiger charge is -2.30. The molecule has 4 N–H and O–H groups in total. The van der Waals surface area contributed by atoms with E-state index >= 15 is 0 Å². The summed E-state index contributed by atoms with van der Waals surface area (Å²) in [6.45, 7) is 7.67. The van der Waals surface area contributed by atoms with Crippen LogP contribution in [0.5, 0.6) is 0 Å². The first kappa shape index (κ1) is 32.7. The number of alkyl halides is 1. The van der Waals surface area contributed by atoms with Crippen LogP contribution in [0.3, 0.4) is 0 Å². The van der Waals surface area contributed by atoms with Gasteiger partial charge in [-0.1, -0.05) is 54.1 Å². The monoisotopic (exact) mass is 604 g/mol. The molecule has 4 aromatic carbocycles. The molecule has 0 spiro atoms. The molecular weight excluding hydrogens is 567 g/mol. The summed E-state index contributed by atoms with van der Waals surface area (Å²) in [5.41, 5.74) is 14.5. The Kier molecular flexibility index (Phi) is 12.0. The van der Waals surface area contributed by atoms with Crippen molar-refractivity contribution >= 4 is 52.8 Å². The van der Waals surface area contributed by atoms with Gasteiger partial charge >= 0.3 is 0 Å². The zero-order chi connectivity index (χ0) is 29.4. The van der Waals surface area contributed by atoms with E-state index in [0.29, 0.717) is 16.8 Å². The number of carbonyl (C=O) groups excluding carboxylic acids is 2. The minimum atomic E-state index is -0.154. The molecule has 0 unspecified atom stereocenters. The molecule has 1 aliphatic rings. The highest BCUT2D eigenvalue weighted by atomic mass is 35.5. The van der Waals surface area contributed by atoms with E-state index in [0.717, 1.165) is 65.4 Å². The Hall–Kier alpha value is -3.84. The van der Waals surface area contributed by atoms with Crippen LogP contribution >= 0.6 is 24.0 Å². The fraction of sp³-hybridized carbons (Fsp3) is 0.235. The van der Waals surface area contributed by atoms with Gasteiger partial charge in [0.15, 0.2) is 5.78 Å². The van der Waals surface area contributed by atoms with Gasteiger partial charge in [0.2, 0.25) is 0 Å². The largest absolute Gasteiger partial charge is 0.398 e. The third kappa shape index (κ3) is 7.91. The number of benzene rings is 4. The number of nitrogens with zero attached hydrogens (tertiary/aromatic N) is 1. The summed E-state index contributed by atoms with van der Waals surface area (Å²) in [7, 11) is 0. The van der Waals surface area contributed by atoms with Crippen LogP contribution in [0.2, 0.25) is 0 Å². The Morgan fingerprint density at radius 2 is 1.50 bits per heavy atom. The molecule has 220 valence electrons. The van der Waals surface area contributed by atoms with Gasteiger partial charge in [-0.05, 0) is 66.9 Å². The molecule has 1 aliphatic heterocycles. The number of amides is 1. The van der Waals surface area contributed by atoms with Gasteiger partial charge in [0.05, 0.1) is 5.69 Å². The second-order valence-corrected chi connectivity index (χ2v) is 10.1. The molecule has 5 rings (SSSR count). The van der Waals surface area contributed by atoms with Crippen LogP contribution in [0.25, 0.3) is 11.1 Å². The quantitative estimate of drug-likeness (QED) is 0.121. The first-order valence-corrected chi connectivity index (χ1v) is 14.5. The molecule has 0 bridgehead atoms. The summed E-state index contributed by atoms with van der Waals surface area (Å²) in [5, 5.41) is 6.55. The molecule has 1 saturated heterocycles. The van der Waals surface area contributed by atoms with E-state index in [1.54, 1.807) is 0 Å². The number of nitrogens with one attached hydrogen (secondary N) is 2. The summed E-state index contributed by atoms with van der Waals surface area (Å²) in [4.78, 5) is 28.6. The Bertz CT molecular complexity index is 1520. The molecule has 0 radical (unpaired) electrons. The average molecular weight is 606 g/mol. The Balaban J connectivity index is 0.00000158. The molecule has 6 nitrogen and oxygen atoms in total. The van der Waals surface area contributed by atoms with E-state index in [1.165, 1.54) is 6.38 Å². The molecule has 4 aromatic rings. The number of anilines is 3. The molecule has 0 atom stereocenters. The first-order chi connectivity index (χ1) is 19.9. The fourth-order valence-electron chi connectivity index (χ4n) is 5.00. The number of piperazine rings is 1. The number of para-hydroxylation sites is 1. The van der Waals surface area contributed by atoms with E-state index in [9.17, 15) is 9.59 Å². The van der Waals surface area contributed by atoms with Gasteiger partial charge in [-0.15, -0.1) is 24.0 Å². The zero-order valence-electron chi connectivity index (χ0n) is 24.2. The maximum Gasteiger partial charge on any atom is 0.255 e. The standard InChI is InChI=1S/C33H34N4O2.CH3Cl.ClH/c1-22-7-9-24(10-8-22)33(39)36-31-21-27(37-17-15-35-16-18-37)12-14-29(31)28-13-11-26(19-23(28)2)32(38)20-25-5-3-4-6-30(25)34;1-2;/h3-14,19,21,35H,15-18,20,34H2,1-2H3,(H,36,39);1H3;1H. The van der Waals surface area contributed by atoms with Crippen molar-refractivity contribution in [2.24, 2.45) is 0 Å². The molecule has 0 saturated carbocycles. The van der Waals surface area contributed by atoms with Crippen LogP contribution in [-0.2, 0) is 6.42 Å². The topological polar surface area (TPSA) is 87.5 Å². The van der Waals surface area contributed by atoms with Crippen LogP contribution in [-0.4, -0.2) is 44.3 Å². The van der Waals surface area contributed by atoms with Gasteiger partial charge in [0, 0.05) is 67.0 Å². The van der Waals surface area contributed by atoms with Crippen molar-refractivity contribution < 1.29 is 9.59 Å². The third-order valence-corrected chi connectivity index (χ3v) is 7.29. The SMILES string of the molecule is CCl.Cc1ccc(C(=O)Nc2cc(N3CCNCC3)ccc2-c2ccc(C(=O)Cc3ccccc3N)cc2C)cc1.Cl. The summed E-state index contributed by atoms with van der Waals surface area (Å²) >= 11 is 4.64. The number of hydrogen-bond acceptors (Lipinski definition) is 5. The number of Topliss-reactive ketones (excluding diaryl/α,β-unsaturated/α-hetero) is 1. The second kappa shape index (κ2) is 15.4. The van der Waals surface area contributed by atoms with Crippen LogP contribution < -0.4 is 21.3 Å². The lowest BCUT2D eigenvalue weighted by atomic mass is 9.94. The van der Waals surface area contributed by atoms with Gasteiger partial charge < -0.3 is 21.3 Å². The molecule has 1 fully saturated rings. The predicted octanol–water partition coefficient (Wildman–Crippen LogP) is 6.92. The lowest BCUT2D eigenvalue weighted by Crippen LogP contribution is -2.43. The molecule has 1 amide bonds. The van der Waals surface area contributed by atoms with Gasteiger partial charge in [0.1, 0.15) is 0 Å². The highest BCUT2D eigenvalue weighted by Gasteiger charge is 2.18. The molecule has 1 heterocycles. The Morgan fingerprint density at radius 3 is 2.17 bits per heavy atom. The maximum atomic E-state index is 13.2. The molecule has 8 heteroatoms. The normalized spacial score (nSPS) is 12.4. The number of halogens is 2. The van der Waals surface area contributed by atoms with Crippen molar-refractivity contribution in [1.29, 1.82) is 0 Å². The van der Waals surface area contributed by atoms with E-state index in [2.05, 4.69) is 45.3 Å². The minimum Gasteiger partial charge on any atom is -0.398 e. The number of aryl methyl sites for hydroxylation is 2. The number of ketones is 1. The van der Waals surface area contributed by atoms with Crippen LogP contribution in [0.1, 0.15) is 37.4 Å². The zero-order valence-corrected chi connectivity index (χ0v) is 25.8. The predicted molar refractivity (Wildman–Crippen MR) is 179 cm³/mol. The molecule has 0 aliphatic carbocycles. The van der Waals surface area contributed by atoms with E-state index in [-0.39, 0.29) is 30.5 Å². The molecular formula is C34H38Cl2N4O2. The summed E-state index contributed by atoms with van der Waals surface area (Å²) in [5.74, 6) is -0.136. The van der Waals surface area contributed by atoms with Crippen molar-refractivity contribution in [1.82, 2.24) is 5.32 Å². The van der Waals surface area contributed by atoms with Gasteiger partial charge in [-0.25, -0.2) is 0 Å². The number of nitrogens with two attached hydrogens (primary N) is 1. The molecule has 42 heavy (non-hydrogen) atoms. The Labute approximate surface area is 259 Å². The first-order valence-electron chi connectivity index (χ1n) is 13.7. The number of rotatable bonds is 7. The third-order valence-electron chi connectivity index (χ3n) is 7.29. The maximum absolute atomic E-state index is 13.2. The Morgan fingerprint density at radius 1 is 0.857 bits per heavy atom. The number of carbonyl (C=O) groups is 2. The van der Waals surface area contributed by atoms with Crippen molar-refractivity contribution in [3.63, 3.8) is 0 Å². The van der Waals surface area contributed by atoms with Crippen LogP contribution in [0, 0.1) is 13.8 Å². The van der Waals surface area contributed by atoms with Crippen LogP contribution in [0.15, 0.2) is 84.9 Å². The fourth-order valence-corrected chi connectivity index (χ4v) is 5.00. The van der Waals surface area contributed by atoms with E-state index < -0.39 is 0 Å². The van der Waals surface area contributed by atoms with Crippen molar-refractivity contribution in [2.75, 3.05) is 48.5 Å². The minimum absolute atomic E-state index is 0. The highest BCUT2D eigenvalue weighted by molar-refractivity contribution is 6.15. The smallest absolute Gasteiger partial charge is 0.255 e. The second-order valence-electron chi connectivity index (χ2n) is 10.1. The van der Waals surface area contributed by atoms with Gasteiger partial charge in [0.25, 0.3) is 5.91 Å². The van der Waals surface area contributed by atoms with E-state index in [4.69, 9.17) is 5.73 Å². The lowest BCUT2D eigenvalue weighted by molar-refractivity contribution is 0.0991. The van der Waals surface area contributed by atoms with Crippen molar-refractivity contribution in [3.05, 3.63) is 113 Å². The number of nitrogen functional groups attached to an aromatic ring is 1. The summed E-state index contributed by atoms with van der Waals surface area (Å²) in [6, 6.07) is 27.0. The van der Waals surface area contributed by atoms with Crippen molar-refractivity contribution in [3.8, 4) is 11.1 Å². The summed E-state index contributed by atoms with van der Waals surface area (Å²) < 4.78 is 0. The average Bonchev–Trinajstić information content (AvgIpc) is 3.00. The van der Waals surface area contributed by atoms with E-state index in [1.807, 2.05) is 80.6 Å². The molecule has 0 aromatic heterocycles. The van der Waals surface area contributed by atoms with Gasteiger partial charge in [-0.2, -0.15) is 0 Å². The van der Waals surface area contributed by atoms with Crippen molar-refractivity contribution in [2.45, 2.75) is 20.3 Å². The number of hydrogen-bond donors (Lipinski definition) is 3. The van der Waals surface area contributed by atoms with Gasteiger partial charge in [-0.3, -0.25) is 9.59 Å². The summed E-state index contributed by atoms with van der Waals surface area (Å²) in [6.07, 6.45) is 1.72. The van der Waals surface area contributed by atoms with Crippen LogP contribution in [0.4, 0.5) is 17.1 Å².